The molecule has 32 heavy (non-hydrogen) atoms. The molecule has 1 amide bonds. The Balaban J connectivity index is 1.59. The van der Waals surface area contributed by atoms with Gasteiger partial charge < -0.3 is 19.5 Å². The number of halogens is 1. The van der Waals surface area contributed by atoms with Gasteiger partial charge in [0, 0.05) is 19.6 Å². The molecule has 1 aliphatic heterocycles. The number of carbonyl (C=O) groups is 2. The van der Waals surface area contributed by atoms with Crippen molar-refractivity contribution in [3.8, 4) is 11.5 Å². The Kier molecular flexibility index (Phi) is 7.31. The summed E-state index contributed by atoms with van der Waals surface area (Å²) in [4.78, 5) is 23.7. The monoisotopic (exact) mass is 466 g/mol. The van der Waals surface area contributed by atoms with Gasteiger partial charge in [0.05, 0.1) is 5.56 Å². The molecule has 2 aromatic carbocycles. The Bertz CT molecular complexity index is 1120. The van der Waals surface area contributed by atoms with Gasteiger partial charge in [-0.25, -0.2) is 17.6 Å². The van der Waals surface area contributed by atoms with E-state index in [0.717, 1.165) is 28.1 Å². The van der Waals surface area contributed by atoms with Crippen LogP contribution in [0.15, 0.2) is 41.3 Å². The molecule has 172 valence electrons. The SMILES string of the molecule is CCN(CC)S(=O)(=O)c1cc(C(=O)OCC(=O)NCc2ccc3c(c2)OCO3)ccc1F. The Morgan fingerprint density at radius 1 is 1.09 bits per heavy atom. The Hall–Kier alpha value is -3.18. The summed E-state index contributed by atoms with van der Waals surface area (Å²) in [5.74, 6) is -1.28. The summed E-state index contributed by atoms with van der Waals surface area (Å²) >= 11 is 0. The van der Waals surface area contributed by atoms with Crippen LogP contribution in [0, 0.1) is 5.82 Å². The lowest BCUT2D eigenvalue weighted by molar-refractivity contribution is -0.124. The zero-order valence-corrected chi connectivity index (χ0v) is 18.4. The van der Waals surface area contributed by atoms with Crippen LogP contribution in [0.1, 0.15) is 29.8 Å². The third-order valence-electron chi connectivity index (χ3n) is 4.75. The van der Waals surface area contributed by atoms with Gasteiger partial charge in [0.25, 0.3) is 5.91 Å². The third-order valence-corrected chi connectivity index (χ3v) is 6.82. The number of ether oxygens (including phenoxy) is 3. The fraction of sp³-hybridized carbons (Fsp3) is 0.333. The lowest BCUT2D eigenvalue weighted by Gasteiger charge is -2.19. The minimum absolute atomic E-state index is 0.141. The van der Waals surface area contributed by atoms with Gasteiger partial charge in [0.15, 0.2) is 18.1 Å². The van der Waals surface area contributed by atoms with Crippen molar-refractivity contribution in [2.75, 3.05) is 26.5 Å². The highest BCUT2D eigenvalue weighted by Crippen LogP contribution is 2.32. The van der Waals surface area contributed by atoms with Crippen LogP contribution in [-0.4, -0.2) is 51.1 Å². The van der Waals surface area contributed by atoms with E-state index in [1.165, 1.54) is 0 Å². The fourth-order valence-corrected chi connectivity index (χ4v) is 4.60. The van der Waals surface area contributed by atoms with Crippen molar-refractivity contribution in [1.82, 2.24) is 9.62 Å². The smallest absolute Gasteiger partial charge is 0.338 e. The van der Waals surface area contributed by atoms with Crippen molar-refractivity contribution in [1.29, 1.82) is 0 Å². The molecule has 9 nitrogen and oxygen atoms in total. The number of benzene rings is 2. The molecular formula is C21H23FN2O7S. The molecule has 0 bridgehead atoms. The van der Waals surface area contributed by atoms with Crippen molar-refractivity contribution in [3.63, 3.8) is 0 Å². The van der Waals surface area contributed by atoms with E-state index < -0.39 is 39.2 Å². The number of sulfonamides is 1. The molecule has 0 aliphatic carbocycles. The van der Waals surface area contributed by atoms with Crippen LogP contribution in [0.5, 0.6) is 11.5 Å². The topological polar surface area (TPSA) is 111 Å². The van der Waals surface area contributed by atoms with Crippen molar-refractivity contribution >= 4 is 21.9 Å². The van der Waals surface area contributed by atoms with Crippen LogP contribution in [0.4, 0.5) is 4.39 Å². The summed E-state index contributed by atoms with van der Waals surface area (Å²) in [5, 5.41) is 2.60. The lowest BCUT2D eigenvalue weighted by atomic mass is 10.2. The Morgan fingerprint density at radius 2 is 1.81 bits per heavy atom. The highest BCUT2D eigenvalue weighted by molar-refractivity contribution is 7.89. The van der Waals surface area contributed by atoms with E-state index in [2.05, 4.69) is 5.32 Å². The van der Waals surface area contributed by atoms with Crippen LogP contribution < -0.4 is 14.8 Å². The van der Waals surface area contributed by atoms with E-state index in [0.29, 0.717) is 11.5 Å². The third kappa shape index (κ3) is 5.17. The van der Waals surface area contributed by atoms with Crippen LogP contribution in [-0.2, 0) is 26.1 Å². The molecule has 2 aromatic rings. The molecule has 1 heterocycles. The minimum Gasteiger partial charge on any atom is -0.454 e. The molecule has 0 saturated carbocycles. The number of rotatable bonds is 9. The van der Waals surface area contributed by atoms with Crippen LogP contribution in [0.3, 0.4) is 0 Å². The second-order valence-corrected chi connectivity index (χ2v) is 8.68. The molecule has 11 heteroatoms. The van der Waals surface area contributed by atoms with Crippen LogP contribution >= 0.6 is 0 Å². The Morgan fingerprint density at radius 3 is 2.53 bits per heavy atom. The highest BCUT2D eigenvalue weighted by atomic mass is 32.2. The zero-order valence-electron chi connectivity index (χ0n) is 17.6. The van der Waals surface area contributed by atoms with Gasteiger partial charge >= 0.3 is 5.97 Å². The first-order chi connectivity index (χ1) is 15.3. The molecule has 0 fully saturated rings. The molecule has 0 spiro atoms. The second-order valence-electron chi connectivity index (χ2n) is 6.78. The first kappa shape index (κ1) is 23.5. The predicted octanol–water partition coefficient (Wildman–Crippen LogP) is 2.06. The number of hydrogen-bond donors (Lipinski definition) is 1. The highest BCUT2D eigenvalue weighted by Gasteiger charge is 2.27. The van der Waals surface area contributed by atoms with Gasteiger partial charge in [-0.05, 0) is 35.9 Å². The van der Waals surface area contributed by atoms with E-state index in [4.69, 9.17) is 14.2 Å². The van der Waals surface area contributed by atoms with E-state index >= 15 is 0 Å². The normalized spacial score (nSPS) is 12.6. The van der Waals surface area contributed by atoms with Gasteiger partial charge in [0.1, 0.15) is 10.7 Å². The van der Waals surface area contributed by atoms with E-state index in [1.807, 2.05) is 0 Å². The molecule has 1 aliphatic rings. The van der Waals surface area contributed by atoms with Crippen molar-refractivity contribution < 1.29 is 36.6 Å². The van der Waals surface area contributed by atoms with Gasteiger partial charge in [-0.2, -0.15) is 4.31 Å². The van der Waals surface area contributed by atoms with E-state index in [-0.39, 0.29) is 32.0 Å². The number of amides is 1. The average molecular weight is 466 g/mol. The van der Waals surface area contributed by atoms with Gasteiger partial charge in [-0.1, -0.05) is 19.9 Å². The molecule has 0 unspecified atom stereocenters. The standard InChI is InChI=1S/C21H23FN2O7S/c1-3-24(4-2)32(27,28)19-10-15(6-7-16(19)22)21(26)29-12-20(25)23-11-14-5-8-17-18(9-14)31-13-30-17/h5-10H,3-4,11-13H2,1-2H3,(H,23,25). The maximum Gasteiger partial charge on any atom is 0.338 e. The average Bonchev–Trinajstić information content (AvgIpc) is 3.24. The summed E-state index contributed by atoms with van der Waals surface area (Å²) in [5.41, 5.74) is 0.583. The second kappa shape index (κ2) is 9.96. The zero-order chi connectivity index (χ0) is 23.3. The molecule has 0 saturated heterocycles. The number of nitrogens with zero attached hydrogens (tertiary/aromatic N) is 1. The van der Waals surface area contributed by atoms with Crippen LogP contribution in [0.2, 0.25) is 0 Å². The summed E-state index contributed by atoms with van der Waals surface area (Å²) in [6, 6.07) is 8.11. The molecule has 0 aromatic heterocycles. The van der Waals surface area contributed by atoms with E-state index in [1.54, 1.807) is 32.0 Å². The molecular weight excluding hydrogens is 443 g/mol. The lowest BCUT2D eigenvalue weighted by Crippen LogP contribution is -2.31. The molecule has 1 N–H and O–H groups in total. The summed E-state index contributed by atoms with van der Waals surface area (Å²) in [6.45, 7) is 3.28. The number of carbonyl (C=O) groups excluding carboxylic acids is 2. The molecule has 0 atom stereocenters. The largest absolute Gasteiger partial charge is 0.454 e. The Labute approximate surface area is 185 Å². The minimum atomic E-state index is -4.11. The quantitative estimate of drug-likeness (QED) is 0.563. The first-order valence-corrected chi connectivity index (χ1v) is 11.3. The van der Waals surface area contributed by atoms with Crippen molar-refractivity contribution in [2.24, 2.45) is 0 Å². The maximum atomic E-state index is 14.2. The van der Waals surface area contributed by atoms with Crippen molar-refractivity contribution in [3.05, 3.63) is 53.3 Å². The number of hydrogen-bond acceptors (Lipinski definition) is 7. The van der Waals surface area contributed by atoms with E-state index in [9.17, 15) is 22.4 Å². The van der Waals surface area contributed by atoms with Gasteiger partial charge in [-0.15, -0.1) is 0 Å². The number of fused-ring (bicyclic) bond motifs is 1. The summed E-state index contributed by atoms with van der Waals surface area (Å²) in [6.07, 6.45) is 0. The van der Waals surface area contributed by atoms with Crippen LogP contribution in [0.25, 0.3) is 0 Å². The first-order valence-electron chi connectivity index (χ1n) is 9.88. The summed E-state index contributed by atoms with van der Waals surface area (Å²) < 4.78 is 55.9. The molecule has 3 rings (SSSR count). The van der Waals surface area contributed by atoms with Crippen molar-refractivity contribution in [2.45, 2.75) is 25.3 Å². The maximum absolute atomic E-state index is 14.2. The predicted molar refractivity (Wildman–Crippen MR) is 111 cm³/mol. The fourth-order valence-electron chi connectivity index (χ4n) is 3.05. The number of esters is 1. The van der Waals surface area contributed by atoms with Gasteiger partial charge in [0.2, 0.25) is 16.8 Å². The number of nitrogens with one attached hydrogen (secondary N) is 1. The van der Waals surface area contributed by atoms with Gasteiger partial charge in [-0.3, -0.25) is 4.79 Å². The molecule has 0 radical (unpaired) electrons. The summed E-state index contributed by atoms with van der Waals surface area (Å²) in [7, 11) is -4.11.